The largest absolute Gasteiger partial charge is 0.468 e. The summed E-state index contributed by atoms with van der Waals surface area (Å²) in [5.41, 5.74) is 0. The number of ether oxygens (including phenoxy) is 1. The predicted molar refractivity (Wildman–Crippen MR) is 59.8 cm³/mol. The molecule has 1 saturated heterocycles. The zero-order valence-corrected chi connectivity index (χ0v) is 10.2. The molecular weight excluding hydrogens is 192 g/mol. The monoisotopic (exact) mass is 214 g/mol. The van der Waals surface area contributed by atoms with Gasteiger partial charge in [-0.1, -0.05) is 0 Å². The van der Waals surface area contributed by atoms with E-state index < -0.39 is 0 Å². The minimum absolute atomic E-state index is 0.147. The first-order valence-corrected chi connectivity index (χ1v) is 5.54. The molecule has 0 saturated carbocycles. The highest BCUT2D eigenvalue weighted by molar-refractivity contribution is 5.75. The lowest BCUT2D eigenvalue weighted by Crippen LogP contribution is -2.50. The summed E-state index contributed by atoms with van der Waals surface area (Å²) in [6, 6.07) is 0.323. The summed E-state index contributed by atoms with van der Waals surface area (Å²) in [6.45, 7) is 4.11. The topological polar surface area (TPSA) is 32.8 Å². The molecule has 0 bridgehead atoms. The van der Waals surface area contributed by atoms with Crippen molar-refractivity contribution in [3.05, 3.63) is 0 Å². The fourth-order valence-electron chi connectivity index (χ4n) is 2.12. The van der Waals surface area contributed by atoms with Gasteiger partial charge in [-0.2, -0.15) is 0 Å². The fraction of sp³-hybridized carbons (Fsp3) is 0.909. The second-order valence-corrected chi connectivity index (χ2v) is 4.42. The molecule has 0 amide bonds. The number of rotatable bonds is 3. The lowest BCUT2D eigenvalue weighted by atomic mass is 10.0. The molecule has 1 aliphatic rings. The van der Waals surface area contributed by atoms with Crippen LogP contribution in [-0.2, 0) is 9.53 Å². The van der Waals surface area contributed by atoms with E-state index in [4.69, 9.17) is 4.74 Å². The number of nitrogens with zero attached hydrogens (tertiary/aromatic N) is 2. The summed E-state index contributed by atoms with van der Waals surface area (Å²) in [4.78, 5) is 15.8. The van der Waals surface area contributed by atoms with Gasteiger partial charge in [0.05, 0.1) is 7.11 Å². The molecule has 2 atom stereocenters. The van der Waals surface area contributed by atoms with Crippen LogP contribution >= 0.6 is 0 Å². The average molecular weight is 214 g/mol. The molecule has 1 heterocycles. The highest BCUT2D eigenvalue weighted by Gasteiger charge is 2.27. The third-order valence-corrected chi connectivity index (χ3v) is 3.33. The molecule has 0 radical (unpaired) electrons. The Morgan fingerprint density at radius 2 is 2.27 bits per heavy atom. The minimum Gasteiger partial charge on any atom is -0.468 e. The lowest BCUT2D eigenvalue weighted by Gasteiger charge is -2.37. The average Bonchev–Trinajstić information content (AvgIpc) is 2.26. The van der Waals surface area contributed by atoms with Crippen molar-refractivity contribution in [3.63, 3.8) is 0 Å². The zero-order chi connectivity index (χ0) is 11.4. The quantitative estimate of drug-likeness (QED) is 0.643. The van der Waals surface area contributed by atoms with Crippen molar-refractivity contribution in [1.29, 1.82) is 0 Å². The van der Waals surface area contributed by atoms with Crippen molar-refractivity contribution in [3.8, 4) is 0 Å². The van der Waals surface area contributed by atoms with Crippen LogP contribution < -0.4 is 0 Å². The highest BCUT2D eigenvalue weighted by Crippen LogP contribution is 2.15. The fourth-order valence-corrected chi connectivity index (χ4v) is 2.12. The molecule has 0 aromatic heterocycles. The van der Waals surface area contributed by atoms with Crippen LogP contribution in [0.5, 0.6) is 0 Å². The van der Waals surface area contributed by atoms with Gasteiger partial charge in [-0.15, -0.1) is 0 Å². The maximum Gasteiger partial charge on any atom is 0.322 e. The number of likely N-dealkylation sites (N-methyl/N-ethyl adjacent to an activating group) is 2. The van der Waals surface area contributed by atoms with Gasteiger partial charge in [0.1, 0.15) is 6.04 Å². The van der Waals surface area contributed by atoms with Crippen molar-refractivity contribution in [2.75, 3.05) is 34.3 Å². The van der Waals surface area contributed by atoms with Crippen molar-refractivity contribution in [2.45, 2.75) is 31.8 Å². The van der Waals surface area contributed by atoms with Gasteiger partial charge in [-0.25, -0.2) is 0 Å². The van der Waals surface area contributed by atoms with Crippen LogP contribution in [0, 0.1) is 0 Å². The molecule has 0 spiro atoms. The molecule has 0 aromatic rings. The van der Waals surface area contributed by atoms with E-state index in [0.717, 1.165) is 13.1 Å². The third kappa shape index (κ3) is 3.18. The first-order valence-electron chi connectivity index (χ1n) is 5.54. The van der Waals surface area contributed by atoms with Crippen molar-refractivity contribution >= 4 is 5.97 Å². The molecule has 4 nitrogen and oxygen atoms in total. The summed E-state index contributed by atoms with van der Waals surface area (Å²) in [7, 11) is 5.58. The van der Waals surface area contributed by atoms with Gasteiger partial charge in [0.25, 0.3) is 0 Å². The van der Waals surface area contributed by atoms with Crippen LogP contribution in [0.15, 0.2) is 0 Å². The number of carbonyl (C=O) groups excluding carboxylic acids is 1. The van der Waals surface area contributed by atoms with Crippen LogP contribution in [0.2, 0.25) is 0 Å². The van der Waals surface area contributed by atoms with Gasteiger partial charge in [0.2, 0.25) is 0 Å². The number of likely N-dealkylation sites (tertiary alicyclic amines) is 1. The number of hydrogen-bond donors (Lipinski definition) is 0. The first-order chi connectivity index (χ1) is 7.06. The third-order valence-electron chi connectivity index (χ3n) is 3.33. The molecule has 0 N–H and O–H groups in total. The van der Waals surface area contributed by atoms with E-state index in [-0.39, 0.29) is 12.0 Å². The molecule has 1 aliphatic heterocycles. The van der Waals surface area contributed by atoms with Crippen LogP contribution in [0.25, 0.3) is 0 Å². The maximum absolute atomic E-state index is 11.4. The van der Waals surface area contributed by atoms with E-state index in [0.29, 0.717) is 6.04 Å². The molecule has 1 rings (SSSR count). The molecule has 0 aliphatic carbocycles. The van der Waals surface area contributed by atoms with E-state index >= 15 is 0 Å². The normalized spacial score (nSPS) is 25.3. The maximum atomic E-state index is 11.4. The minimum atomic E-state index is -0.147. The SMILES string of the molecule is COC(=O)C(C)N(C)C1CCCN(C)C1. The van der Waals surface area contributed by atoms with E-state index in [1.807, 2.05) is 14.0 Å². The van der Waals surface area contributed by atoms with E-state index in [1.54, 1.807) is 0 Å². The number of esters is 1. The summed E-state index contributed by atoms with van der Waals surface area (Å²) < 4.78 is 4.76. The molecular formula is C11H22N2O2. The van der Waals surface area contributed by atoms with Gasteiger partial charge in [0.15, 0.2) is 0 Å². The van der Waals surface area contributed by atoms with E-state index in [9.17, 15) is 4.79 Å². The Morgan fingerprint density at radius 1 is 1.60 bits per heavy atom. The van der Waals surface area contributed by atoms with Crippen molar-refractivity contribution in [2.24, 2.45) is 0 Å². The van der Waals surface area contributed by atoms with Gasteiger partial charge in [-0.3, -0.25) is 9.69 Å². The molecule has 15 heavy (non-hydrogen) atoms. The molecule has 0 aromatic carbocycles. The summed E-state index contributed by atoms with van der Waals surface area (Å²) in [6.07, 6.45) is 2.38. The second kappa shape index (κ2) is 5.47. The zero-order valence-electron chi connectivity index (χ0n) is 10.2. The number of carbonyl (C=O) groups is 1. The van der Waals surface area contributed by atoms with Crippen LogP contribution in [0.1, 0.15) is 19.8 Å². The second-order valence-electron chi connectivity index (χ2n) is 4.42. The summed E-state index contributed by atoms with van der Waals surface area (Å²) in [5.74, 6) is -0.147. The summed E-state index contributed by atoms with van der Waals surface area (Å²) in [5, 5.41) is 0. The van der Waals surface area contributed by atoms with Crippen molar-refractivity contribution in [1.82, 2.24) is 9.80 Å². The first kappa shape index (κ1) is 12.5. The summed E-state index contributed by atoms with van der Waals surface area (Å²) >= 11 is 0. The number of methoxy groups -OCH3 is 1. The number of piperidine rings is 1. The molecule has 2 unspecified atom stereocenters. The van der Waals surface area contributed by atoms with Gasteiger partial charge < -0.3 is 9.64 Å². The van der Waals surface area contributed by atoms with Crippen molar-refractivity contribution < 1.29 is 9.53 Å². The van der Waals surface area contributed by atoms with E-state index in [2.05, 4.69) is 16.8 Å². The Labute approximate surface area is 92.2 Å². The smallest absolute Gasteiger partial charge is 0.322 e. The van der Waals surface area contributed by atoms with Crippen LogP contribution in [0.3, 0.4) is 0 Å². The van der Waals surface area contributed by atoms with Gasteiger partial charge >= 0.3 is 5.97 Å². The predicted octanol–water partition coefficient (Wildman–Crippen LogP) is 0.574. The Balaban J connectivity index is 2.51. The Bertz CT molecular complexity index is 221. The Hall–Kier alpha value is -0.610. The van der Waals surface area contributed by atoms with Gasteiger partial charge in [0, 0.05) is 12.6 Å². The van der Waals surface area contributed by atoms with Crippen LogP contribution in [0.4, 0.5) is 0 Å². The molecule has 88 valence electrons. The highest BCUT2D eigenvalue weighted by atomic mass is 16.5. The molecule has 1 fully saturated rings. The number of hydrogen-bond acceptors (Lipinski definition) is 4. The standard InChI is InChI=1S/C11H22N2O2/c1-9(11(14)15-4)13(3)10-6-5-7-12(2)8-10/h9-10H,5-8H2,1-4H3. The van der Waals surface area contributed by atoms with Gasteiger partial charge in [-0.05, 0) is 40.4 Å². The van der Waals surface area contributed by atoms with Crippen LogP contribution in [-0.4, -0.2) is 62.1 Å². The van der Waals surface area contributed by atoms with E-state index in [1.165, 1.54) is 20.0 Å². The lowest BCUT2D eigenvalue weighted by molar-refractivity contribution is -0.147. The Morgan fingerprint density at radius 3 is 2.80 bits per heavy atom. The Kier molecular flexibility index (Phi) is 4.54. The molecule has 4 heteroatoms.